The molecule has 2 unspecified atom stereocenters. The number of hydrogen-bond acceptors (Lipinski definition) is 2. The molecule has 2 fully saturated rings. The van der Waals surface area contributed by atoms with Crippen LogP contribution in [0.3, 0.4) is 0 Å². The minimum absolute atomic E-state index is 0.609. The fourth-order valence-corrected chi connectivity index (χ4v) is 3.21. The van der Waals surface area contributed by atoms with Crippen LogP contribution in [-0.4, -0.2) is 26.2 Å². The number of hydrogen-bond donors (Lipinski definition) is 2. The second-order valence-corrected chi connectivity index (χ2v) is 6.10. The molecule has 0 aromatic heterocycles. The minimum atomic E-state index is 0.609. The smallest absolute Gasteiger partial charge is 0.000888 e. The topological polar surface area (TPSA) is 24.1 Å². The van der Waals surface area contributed by atoms with E-state index in [-0.39, 0.29) is 0 Å². The highest BCUT2D eigenvalue weighted by atomic mass is 14.9. The molecule has 2 heteroatoms. The Balaban J connectivity index is 1.72. The average molecular weight is 224 g/mol. The van der Waals surface area contributed by atoms with Crippen LogP contribution in [-0.2, 0) is 0 Å². The number of piperidine rings is 1. The van der Waals surface area contributed by atoms with Crippen molar-refractivity contribution in [2.24, 2.45) is 17.3 Å². The summed E-state index contributed by atoms with van der Waals surface area (Å²) in [6, 6.07) is 0. The zero-order valence-corrected chi connectivity index (χ0v) is 11.0. The molecule has 1 aliphatic carbocycles. The summed E-state index contributed by atoms with van der Waals surface area (Å²) in [6.45, 7) is 9.67. The summed E-state index contributed by atoms with van der Waals surface area (Å²) in [7, 11) is 0. The van der Waals surface area contributed by atoms with Gasteiger partial charge in [-0.05, 0) is 62.6 Å². The van der Waals surface area contributed by atoms with E-state index in [1.165, 1.54) is 58.3 Å². The van der Waals surface area contributed by atoms with E-state index in [1.54, 1.807) is 0 Å². The Labute approximate surface area is 101 Å². The Kier molecular flexibility index (Phi) is 4.26. The third-order valence-corrected chi connectivity index (χ3v) is 4.63. The quantitative estimate of drug-likeness (QED) is 0.724. The maximum Gasteiger partial charge on any atom is 0.000888 e. The van der Waals surface area contributed by atoms with Crippen LogP contribution in [0.5, 0.6) is 0 Å². The molecule has 0 bridgehead atoms. The molecule has 94 valence electrons. The third kappa shape index (κ3) is 3.21. The molecule has 0 spiro atoms. The molecule has 2 aliphatic rings. The van der Waals surface area contributed by atoms with Gasteiger partial charge in [0.05, 0.1) is 0 Å². The summed E-state index contributed by atoms with van der Waals surface area (Å²) in [4.78, 5) is 0. The van der Waals surface area contributed by atoms with Gasteiger partial charge < -0.3 is 10.6 Å². The average Bonchev–Trinajstić information content (AvgIpc) is 2.96. The fraction of sp³-hybridized carbons (Fsp3) is 1.00. The molecule has 16 heavy (non-hydrogen) atoms. The van der Waals surface area contributed by atoms with Crippen molar-refractivity contribution < 1.29 is 0 Å². The van der Waals surface area contributed by atoms with Gasteiger partial charge in [-0.15, -0.1) is 0 Å². The van der Waals surface area contributed by atoms with Crippen molar-refractivity contribution >= 4 is 0 Å². The van der Waals surface area contributed by atoms with Gasteiger partial charge in [0.15, 0.2) is 0 Å². The molecule has 1 saturated heterocycles. The Morgan fingerprint density at radius 3 is 2.56 bits per heavy atom. The van der Waals surface area contributed by atoms with Crippen molar-refractivity contribution in [3.05, 3.63) is 0 Å². The van der Waals surface area contributed by atoms with E-state index in [0.29, 0.717) is 5.41 Å². The van der Waals surface area contributed by atoms with E-state index < -0.39 is 0 Å². The zero-order chi connectivity index (χ0) is 11.4. The Morgan fingerprint density at radius 2 is 2.00 bits per heavy atom. The summed E-state index contributed by atoms with van der Waals surface area (Å²) in [5.41, 5.74) is 0.609. The summed E-state index contributed by atoms with van der Waals surface area (Å²) in [6.07, 6.45) is 6.93. The van der Waals surface area contributed by atoms with Crippen LogP contribution in [0, 0.1) is 17.3 Å². The van der Waals surface area contributed by atoms with Crippen LogP contribution in [0.25, 0.3) is 0 Å². The minimum Gasteiger partial charge on any atom is -0.317 e. The van der Waals surface area contributed by atoms with Crippen molar-refractivity contribution in [2.75, 3.05) is 26.2 Å². The normalized spacial score (nSPS) is 32.6. The molecule has 0 aromatic rings. The van der Waals surface area contributed by atoms with Gasteiger partial charge in [-0.1, -0.05) is 20.3 Å². The highest BCUT2D eigenvalue weighted by molar-refractivity contribution is 4.89. The van der Waals surface area contributed by atoms with Crippen molar-refractivity contribution in [3.63, 3.8) is 0 Å². The molecule has 2 nitrogen and oxygen atoms in total. The fourth-order valence-electron chi connectivity index (χ4n) is 3.21. The van der Waals surface area contributed by atoms with E-state index in [9.17, 15) is 0 Å². The van der Waals surface area contributed by atoms with E-state index >= 15 is 0 Å². The summed E-state index contributed by atoms with van der Waals surface area (Å²) >= 11 is 0. The van der Waals surface area contributed by atoms with Gasteiger partial charge in [0.2, 0.25) is 0 Å². The van der Waals surface area contributed by atoms with Crippen LogP contribution in [0.1, 0.15) is 46.0 Å². The number of nitrogens with one attached hydrogen (secondary N) is 2. The first-order chi connectivity index (χ1) is 7.76. The highest BCUT2D eigenvalue weighted by Crippen LogP contribution is 2.38. The largest absolute Gasteiger partial charge is 0.317 e. The standard InChI is InChI=1S/C14H28N2/c1-3-4-14(5-7-15-8-6-14)11-16-10-13-9-12(13)2/h12-13,15-16H,3-11H2,1-2H3. The van der Waals surface area contributed by atoms with Crippen molar-refractivity contribution in [1.82, 2.24) is 10.6 Å². The molecule has 2 atom stereocenters. The molecule has 0 amide bonds. The molecule has 1 saturated carbocycles. The van der Waals surface area contributed by atoms with Crippen LogP contribution in [0.15, 0.2) is 0 Å². The second kappa shape index (κ2) is 5.50. The van der Waals surface area contributed by atoms with Gasteiger partial charge in [-0.2, -0.15) is 0 Å². The Hall–Kier alpha value is -0.0800. The van der Waals surface area contributed by atoms with Crippen LogP contribution >= 0.6 is 0 Å². The Morgan fingerprint density at radius 1 is 1.31 bits per heavy atom. The van der Waals surface area contributed by atoms with E-state index in [0.717, 1.165) is 11.8 Å². The van der Waals surface area contributed by atoms with E-state index in [1.807, 2.05) is 0 Å². The molecule has 2 N–H and O–H groups in total. The van der Waals surface area contributed by atoms with Gasteiger partial charge in [0.1, 0.15) is 0 Å². The second-order valence-electron chi connectivity index (χ2n) is 6.10. The van der Waals surface area contributed by atoms with Crippen LogP contribution in [0.2, 0.25) is 0 Å². The first-order valence-electron chi connectivity index (χ1n) is 7.17. The SMILES string of the molecule is CCCC1(CNCC2CC2C)CCNCC1. The lowest BCUT2D eigenvalue weighted by atomic mass is 9.75. The molecule has 1 aliphatic heterocycles. The molecule has 0 aromatic carbocycles. The summed E-state index contributed by atoms with van der Waals surface area (Å²) in [5, 5.41) is 7.23. The van der Waals surface area contributed by atoms with Gasteiger partial charge in [-0.25, -0.2) is 0 Å². The first-order valence-corrected chi connectivity index (χ1v) is 7.17. The first kappa shape index (κ1) is 12.4. The molecular formula is C14H28N2. The van der Waals surface area contributed by atoms with Crippen molar-refractivity contribution in [3.8, 4) is 0 Å². The van der Waals surface area contributed by atoms with Gasteiger partial charge in [0.25, 0.3) is 0 Å². The number of rotatable bonds is 6. The maximum absolute atomic E-state index is 3.75. The van der Waals surface area contributed by atoms with Crippen LogP contribution < -0.4 is 10.6 Å². The van der Waals surface area contributed by atoms with Crippen molar-refractivity contribution in [1.29, 1.82) is 0 Å². The third-order valence-electron chi connectivity index (χ3n) is 4.63. The van der Waals surface area contributed by atoms with Gasteiger partial charge in [0, 0.05) is 6.54 Å². The predicted octanol–water partition coefficient (Wildman–Crippen LogP) is 2.40. The van der Waals surface area contributed by atoms with Gasteiger partial charge in [-0.3, -0.25) is 0 Å². The lowest BCUT2D eigenvalue weighted by Crippen LogP contribution is -2.43. The predicted molar refractivity (Wildman–Crippen MR) is 69.6 cm³/mol. The maximum atomic E-state index is 3.75. The zero-order valence-electron chi connectivity index (χ0n) is 11.0. The van der Waals surface area contributed by atoms with E-state index in [4.69, 9.17) is 0 Å². The van der Waals surface area contributed by atoms with Crippen LogP contribution in [0.4, 0.5) is 0 Å². The molecule has 0 radical (unpaired) electrons. The molecule has 1 heterocycles. The highest BCUT2D eigenvalue weighted by Gasteiger charge is 2.34. The summed E-state index contributed by atoms with van der Waals surface area (Å²) in [5.74, 6) is 1.98. The molecular weight excluding hydrogens is 196 g/mol. The molecule has 2 rings (SSSR count). The Bertz CT molecular complexity index is 203. The van der Waals surface area contributed by atoms with Crippen molar-refractivity contribution in [2.45, 2.75) is 46.0 Å². The van der Waals surface area contributed by atoms with Gasteiger partial charge >= 0.3 is 0 Å². The summed E-state index contributed by atoms with van der Waals surface area (Å²) < 4.78 is 0. The lowest BCUT2D eigenvalue weighted by Gasteiger charge is -2.38. The monoisotopic (exact) mass is 224 g/mol. The van der Waals surface area contributed by atoms with E-state index in [2.05, 4.69) is 24.5 Å². The lowest BCUT2D eigenvalue weighted by molar-refractivity contribution is 0.175.